The summed E-state index contributed by atoms with van der Waals surface area (Å²) in [6.07, 6.45) is 1.84. The average molecular weight is 520 g/mol. The summed E-state index contributed by atoms with van der Waals surface area (Å²) < 4.78 is 5.68. The summed E-state index contributed by atoms with van der Waals surface area (Å²) in [6.45, 7) is 5.03. The number of rotatable bonds is 10. The molecule has 3 aromatic rings. The fraction of sp³-hybridized carbons (Fsp3) is 0.345. The molecule has 1 fully saturated rings. The Morgan fingerprint density at radius 3 is 2.35 bits per heavy atom. The van der Waals surface area contributed by atoms with Gasteiger partial charge in [-0.3, -0.25) is 19.3 Å². The maximum Gasteiger partial charge on any atom is 0.261 e. The molecule has 0 unspecified atom stereocenters. The van der Waals surface area contributed by atoms with E-state index in [0.29, 0.717) is 35.2 Å². The Morgan fingerprint density at radius 1 is 0.973 bits per heavy atom. The first-order valence-corrected chi connectivity index (χ1v) is 13.5. The third-order valence-electron chi connectivity index (χ3n) is 6.40. The summed E-state index contributed by atoms with van der Waals surface area (Å²) in [7, 11) is 0. The van der Waals surface area contributed by atoms with Crippen molar-refractivity contribution in [1.29, 1.82) is 0 Å². The lowest BCUT2D eigenvalue weighted by Gasteiger charge is -2.32. The van der Waals surface area contributed by atoms with Crippen molar-refractivity contribution in [3.05, 3.63) is 88.1 Å². The highest BCUT2D eigenvalue weighted by Gasteiger charge is 2.33. The van der Waals surface area contributed by atoms with Gasteiger partial charge in [-0.15, -0.1) is 11.3 Å². The molecule has 0 aliphatic carbocycles. The molecular weight excluding hydrogens is 486 g/mol. The number of thiophene rings is 1. The van der Waals surface area contributed by atoms with Crippen LogP contribution in [-0.4, -0.2) is 43.5 Å². The Balaban J connectivity index is 1.64. The van der Waals surface area contributed by atoms with E-state index in [-0.39, 0.29) is 30.4 Å². The first kappa shape index (κ1) is 26.6. The van der Waals surface area contributed by atoms with E-state index in [1.165, 1.54) is 16.2 Å². The average Bonchev–Trinajstić information content (AvgIpc) is 3.64. The van der Waals surface area contributed by atoms with E-state index in [2.05, 4.69) is 24.5 Å². The van der Waals surface area contributed by atoms with E-state index in [0.717, 1.165) is 18.4 Å². The van der Waals surface area contributed by atoms with E-state index in [4.69, 9.17) is 4.74 Å². The van der Waals surface area contributed by atoms with Gasteiger partial charge in [0.1, 0.15) is 6.04 Å². The van der Waals surface area contributed by atoms with Crippen molar-refractivity contribution in [3.63, 3.8) is 0 Å². The lowest BCUT2D eigenvalue weighted by atomic mass is 10.0. The molecule has 2 heterocycles. The van der Waals surface area contributed by atoms with Crippen LogP contribution in [0.3, 0.4) is 0 Å². The Hall–Kier alpha value is -3.49. The zero-order chi connectivity index (χ0) is 26.2. The number of anilines is 1. The van der Waals surface area contributed by atoms with Gasteiger partial charge in [-0.2, -0.15) is 0 Å². The predicted octanol–water partition coefficient (Wildman–Crippen LogP) is 4.67. The SMILES string of the molecule is CC(C)c1ccc(N(C(=O)CNC(=O)c2cccs2)[C@H](C(=O)NC[C@@H]2CCCO2)c2ccccc2)cc1. The molecule has 1 saturated heterocycles. The number of hydrogen-bond acceptors (Lipinski definition) is 5. The molecule has 0 saturated carbocycles. The zero-order valence-corrected chi connectivity index (χ0v) is 22.0. The molecule has 37 heavy (non-hydrogen) atoms. The summed E-state index contributed by atoms with van der Waals surface area (Å²) in [4.78, 5) is 42.0. The van der Waals surface area contributed by atoms with Crippen LogP contribution in [0.15, 0.2) is 72.1 Å². The van der Waals surface area contributed by atoms with Gasteiger partial charge in [-0.1, -0.05) is 62.4 Å². The van der Waals surface area contributed by atoms with Gasteiger partial charge in [-0.25, -0.2) is 0 Å². The van der Waals surface area contributed by atoms with Gasteiger partial charge < -0.3 is 15.4 Å². The van der Waals surface area contributed by atoms with Crippen LogP contribution in [0, 0.1) is 0 Å². The molecular formula is C29H33N3O4S. The third-order valence-corrected chi connectivity index (χ3v) is 7.27. The highest BCUT2D eigenvalue weighted by Crippen LogP contribution is 2.29. The molecule has 0 radical (unpaired) electrons. The van der Waals surface area contributed by atoms with Gasteiger partial charge in [-0.05, 0) is 53.5 Å². The first-order chi connectivity index (χ1) is 17.9. The summed E-state index contributed by atoms with van der Waals surface area (Å²) in [5.74, 6) is -0.684. The fourth-order valence-corrected chi connectivity index (χ4v) is 5.00. The molecule has 7 nitrogen and oxygen atoms in total. The highest BCUT2D eigenvalue weighted by atomic mass is 32.1. The molecule has 1 aliphatic rings. The minimum atomic E-state index is -0.918. The van der Waals surface area contributed by atoms with Crippen LogP contribution in [0.25, 0.3) is 0 Å². The molecule has 0 bridgehead atoms. The number of ether oxygens (including phenoxy) is 1. The van der Waals surface area contributed by atoms with Crippen molar-refractivity contribution < 1.29 is 19.1 Å². The van der Waals surface area contributed by atoms with Gasteiger partial charge in [0.15, 0.2) is 0 Å². The monoisotopic (exact) mass is 519 g/mol. The van der Waals surface area contributed by atoms with Gasteiger partial charge in [0, 0.05) is 18.8 Å². The van der Waals surface area contributed by atoms with E-state index in [1.807, 2.05) is 60.0 Å². The standard InChI is InChI=1S/C29H33N3O4S/c1-20(2)21-12-14-23(15-13-21)32(26(33)19-31-28(34)25-11-7-17-37-25)27(22-8-4-3-5-9-22)29(35)30-18-24-10-6-16-36-24/h3-5,7-9,11-15,17,20,24,27H,6,10,16,18-19H2,1-2H3,(H,30,35)(H,31,34)/t24-,27-/m0/s1. The van der Waals surface area contributed by atoms with Gasteiger partial charge in [0.25, 0.3) is 5.91 Å². The Labute approximate surface area is 221 Å². The molecule has 8 heteroatoms. The molecule has 2 N–H and O–H groups in total. The number of carbonyl (C=O) groups excluding carboxylic acids is 3. The first-order valence-electron chi connectivity index (χ1n) is 12.6. The largest absolute Gasteiger partial charge is 0.376 e. The van der Waals surface area contributed by atoms with Crippen LogP contribution in [0.1, 0.15) is 59.4 Å². The van der Waals surface area contributed by atoms with E-state index < -0.39 is 6.04 Å². The minimum Gasteiger partial charge on any atom is -0.376 e. The Morgan fingerprint density at radius 2 is 1.73 bits per heavy atom. The quantitative estimate of drug-likeness (QED) is 0.408. The summed E-state index contributed by atoms with van der Waals surface area (Å²) >= 11 is 1.31. The lowest BCUT2D eigenvalue weighted by molar-refractivity contribution is -0.126. The van der Waals surface area contributed by atoms with Crippen molar-refractivity contribution >= 4 is 34.7 Å². The maximum atomic E-state index is 13.7. The summed E-state index contributed by atoms with van der Waals surface area (Å²) in [6, 6.07) is 19.5. The number of nitrogens with zero attached hydrogens (tertiary/aromatic N) is 1. The minimum absolute atomic E-state index is 0.0278. The number of benzene rings is 2. The molecule has 4 rings (SSSR count). The predicted molar refractivity (Wildman–Crippen MR) is 146 cm³/mol. The van der Waals surface area contributed by atoms with Crippen molar-refractivity contribution in [2.75, 3.05) is 24.6 Å². The second kappa shape index (κ2) is 12.7. The molecule has 2 atom stereocenters. The normalized spacial score (nSPS) is 15.8. The number of nitrogens with one attached hydrogen (secondary N) is 2. The smallest absolute Gasteiger partial charge is 0.261 e. The highest BCUT2D eigenvalue weighted by molar-refractivity contribution is 7.12. The zero-order valence-electron chi connectivity index (χ0n) is 21.2. The number of hydrogen-bond donors (Lipinski definition) is 2. The molecule has 0 spiro atoms. The van der Waals surface area contributed by atoms with Crippen molar-refractivity contribution in [2.24, 2.45) is 0 Å². The third kappa shape index (κ3) is 6.84. The van der Waals surface area contributed by atoms with Crippen LogP contribution in [0.4, 0.5) is 5.69 Å². The second-order valence-electron chi connectivity index (χ2n) is 9.36. The van der Waals surface area contributed by atoms with Crippen molar-refractivity contribution in [1.82, 2.24) is 10.6 Å². The van der Waals surface area contributed by atoms with E-state index in [9.17, 15) is 14.4 Å². The van der Waals surface area contributed by atoms with E-state index >= 15 is 0 Å². The molecule has 3 amide bonds. The molecule has 1 aliphatic heterocycles. The second-order valence-corrected chi connectivity index (χ2v) is 10.3. The Bertz CT molecular complexity index is 1170. The number of carbonyl (C=O) groups is 3. The molecule has 194 valence electrons. The van der Waals surface area contributed by atoms with Gasteiger partial charge >= 0.3 is 0 Å². The van der Waals surface area contributed by atoms with Crippen LogP contribution in [0.2, 0.25) is 0 Å². The van der Waals surface area contributed by atoms with E-state index in [1.54, 1.807) is 12.1 Å². The van der Waals surface area contributed by atoms with Crippen molar-refractivity contribution in [3.8, 4) is 0 Å². The lowest BCUT2D eigenvalue weighted by Crippen LogP contribution is -2.48. The Kier molecular flexibility index (Phi) is 9.09. The van der Waals surface area contributed by atoms with Crippen molar-refractivity contribution in [2.45, 2.75) is 44.8 Å². The fourth-order valence-electron chi connectivity index (χ4n) is 4.36. The van der Waals surface area contributed by atoms with Crippen LogP contribution in [0.5, 0.6) is 0 Å². The van der Waals surface area contributed by atoms with Crippen LogP contribution in [-0.2, 0) is 14.3 Å². The maximum absolute atomic E-state index is 13.7. The topological polar surface area (TPSA) is 87.7 Å². The molecule has 1 aromatic heterocycles. The van der Waals surface area contributed by atoms with Gasteiger partial charge in [0.2, 0.25) is 11.8 Å². The van der Waals surface area contributed by atoms with Crippen LogP contribution < -0.4 is 15.5 Å². The number of amides is 3. The summed E-state index contributed by atoms with van der Waals surface area (Å²) in [5, 5.41) is 7.53. The van der Waals surface area contributed by atoms with Crippen LogP contribution >= 0.6 is 11.3 Å². The summed E-state index contributed by atoms with van der Waals surface area (Å²) in [5.41, 5.74) is 2.39. The molecule has 2 aromatic carbocycles. The van der Waals surface area contributed by atoms with Gasteiger partial charge in [0.05, 0.1) is 17.5 Å².